The molecule has 5 heteroatoms. The third-order valence-electron chi connectivity index (χ3n) is 5.64. The van der Waals surface area contributed by atoms with Gasteiger partial charge >= 0.3 is 0 Å². The van der Waals surface area contributed by atoms with Crippen molar-refractivity contribution in [3.63, 3.8) is 0 Å². The van der Waals surface area contributed by atoms with E-state index < -0.39 is 0 Å². The standard InChI is InChI=1S/C21H26N4O/c1-3-17-9-6-7-13-24(17)20(26)18-11-12-22-21(23-18)25-15(2)14-16-8-4-5-10-19(16)25/h4-5,8,10-12,15,17H,3,6-7,9,13-14H2,1-2H3. The van der Waals surface area contributed by atoms with Gasteiger partial charge in [0.25, 0.3) is 5.91 Å². The molecule has 0 spiro atoms. The molecule has 2 unspecified atom stereocenters. The van der Waals surface area contributed by atoms with Crippen LogP contribution in [0.4, 0.5) is 11.6 Å². The zero-order valence-electron chi connectivity index (χ0n) is 15.6. The molecule has 2 atom stereocenters. The Balaban J connectivity index is 1.64. The van der Waals surface area contributed by atoms with E-state index in [1.807, 2.05) is 11.0 Å². The van der Waals surface area contributed by atoms with Crippen molar-refractivity contribution in [3.05, 3.63) is 47.8 Å². The van der Waals surface area contributed by atoms with E-state index in [0.29, 0.717) is 17.7 Å². The smallest absolute Gasteiger partial charge is 0.272 e. The van der Waals surface area contributed by atoms with Crippen LogP contribution < -0.4 is 4.90 Å². The maximum atomic E-state index is 13.1. The van der Waals surface area contributed by atoms with Gasteiger partial charge in [-0.1, -0.05) is 25.1 Å². The van der Waals surface area contributed by atoms with Crippen LogP contribution in [-0.2, 0) is 6.42 Å². The third-order valence-corrected chi connectivity index (χ3v) is 5.64. The summed E-state index contributed by atoms with van der Waals surface area (Å²) in [6, 6.07) is 10.7. The molecule has 0 aliphatic carbocycles. The minimum Gasteiger partial charge on any atom is -0.334 e. The molecule has 1 saturated heterocycles. The van der Waals surface area contributed by atoms with E-state index in [9.17, 15) is 4.79 Å². The molecular weight excluding hydrogens is 324 g/mol. The minimum atomic E-state index is 0.0420. The highest BCUT2D eigenvalue weighted by Crippen LogP contribution is 2.36. The van der Waals surface area contributed by atoms with Gasteiger partial charge in [-0.15, -0.1) is 0 Å². The molecule has 1 amide bonds. The van der Waals surface area contributed by atoms with Crippen molar-refractivity contribution < 1.29 is 4.79 Å². The topological polar surface area (TPSA) is 49.3 Å². The second kappa shape index (κ2) is 7.06. The average molecular weight is 350 g/mol. The quantitative estimate of drug-likeness (QED) is 0.841. The molecule has 0 N–H and O–H groups in total. The number of aromatic nitrogens is 2. The molecule has 26 heavy (non-hydrogen) atoms. The number of fused-ring (bicyclic) bond motifs is 1. The lowest BCUT2D eigenvalue weighted by atomic mass is 9.99. The average Bonchev–Trinajstić information content (AvgIpc) is 3.03. The number of rotatable bonds is 3. The van der Waals surface area contributed by atoms with Crippen LogP contribution in [0, 0.1) is 0 Å². The molecule has 5 nitrogen and oxygen atoms in total. The predicted octanol–water partition coefficient (Wildman–Crippen LogP) is 3.96. The second-order valence-corrected chi connectivity index (χ2v) is 7.35. The number of nitrogens with zero attached hydrogens (tertiary/aromatic N) is 4. The molecule has 0 radical (unpaired) electrons. The van der Waals surface area contributed by atoms with Crippen LogP contribution in [0.25, 0.3) is 0 Å². The molecule has 2 aromatic rings. The molecule has 2 aliphatic heterocycles. The van der Waals surface area contributed by atoms with Crippen molar-refractivity contribution in [3.8, 4) is 0 Å². The van der Waals surface area contributed by atoms with E-state index >= 15 is 0 Å². The van der Waals surface area contributed by atoms with Crippen molar-refractivity contribution >= 4 is 17.5 Å². The summed E-state index contributed by atoms with van der Waals surface area (Å²) in [5, 5.41) is 0. The monoisotopic (exact) mass is 350 g/mol. The fourth-order valence-electron chi connectivity index (χ4n) is 4.29. The summed E-state index contributed by atoms with van der Waals surface area (Å²) < 4.78 is 0. The Kier molecular flexibility index (Phi) is 4.62. The number of anilines is 2. The van der Waals surface area contributed by atoms with Crippen LogP contribution in [0.15, 0.2) is 36.5 Å². The lowest BCUT2D eigenvalue weighted by molar-refractivity contribution is 0.0602. The predicted molar refractivity (Wildman–Crippen MR) is 103 cm³/mol. The van der Waals surface area contributed by atoms with Crippen LogP contribution in [0.5, 0.6) is 0 Å². The molecule has 4 rings (SSSR count). The molecule has 1 fully saturated rings. The number of para-hydroxylation sites is 1. The lowest BCUT2D eigenvalue weighted by Crippen LogP contribution is -2.43. The van der Waals surface area contributed by atoms with E-state index in [4.69, 9.17) is 0 Å². The van der Waals surface area contributed by atoms with Crippen molar-refractivity contribution in [2.75, 3.05) is 11.4 Å². The number of carbonyl (C=O) groups is 1. The fourth-order valence-corrected chi connectivity index (χ4v) is 4.29. The van der Waals surface area contributed by atoms with Gasteiger partial charge in [-0.25, -0.2) is 9.97 Å². The molecule has 3 heterocycles. The van der Waals surface area contributed by atoms with Crippen molar-refractivity contribution in [1.82, 2.24) is 14.9 Å². The first-order valence-corrected chi connectivity index (χ1v) is 9.70. The number of carbonyl (C=O) groups excluding carboxylic acids is 1. The van der Waals surface area contributed by atoms with Crippen LogP contribution >= 0.6 is 0 Å². The number of amides is 1. The maximum Gasteiger partial charge on any atom is 0.272 e. The Hall–Kier alpha value is -2.43. The van der Waals surface area contributed by atoms with Crippen molar-refractivity contribution in [1.29, 1.82) is 0 Å². The van der Waals surface area contributed by atoms with E-state index in [1.165, 1.54) is 12.0 Å². The zero-order chi connectivity index (χ0) is 18.1. The summed E-state index contributed by atoms with van der Waals surface area (Å²) in [4.78, 5) is 26.4. The number of likely N-dealkylation sites (tertiary alicyclic amines) is 1. The van der Waals surface area contributed by atoms with Gasteiger partial charge in [0.1, 0.15) is 5.69 Å². The minimum absolute atomic E-state index is 0.0420. The van der Waals surface area contributed by atoms with E-state index in [0.717, 1.165) is 37.9 Å². The van der Waals surface area contributed by atoms with E-state index in [-0.39, 0.29) is 11.9 Å². The van der Waals surface area contributed by atoms with Gasteiger partial charge in [-0.3, -0.25) is 4.79 Å². The van der Waals surface area contributed by atoms with Crippen molar-refractivity contribution in [2.24, 2.45) is 0 Å². The Morgan fingerprint density at radius 3 is 2.92 bits per heavy atom. The Labute approximate surface area is 155 Å². The summed E-state index contributed by atoms with van der Waals surface area (Å²) in [6.07, 6.45) is 7.07. The highest BCUT2D eigenvalue weighted by Gasteiger charge is 2.31. The van der Waals surface area contributed by atoms with Crippen molar-refractivity contribution in [2.45, 2.75) is 58.0 Å². The number of piperidine rings is 1. The van der Waals surface area contributed by atoms with Gasteiger partial charge in [0.05, 0.1) is 0 Å². The molecule has 0 bridgehead atoms. The first-order chi connectivity index (χ1) is 12.7. The highest BCUT2D eigenvalue weighted by molar-refractivity contribution is 5.93. The molecule has 0 saturated carbocycles. The number of benzene rings is 1. The Morgan fingerprint density at radius 1 is 1.23 bits per heavy atom. The molecule has 2 aliphatic rings. The Bertz CT molecular complexity index is 806. The number of hydrogen-bond acceptors (Lipinski definition) is 4. The molecule has 1 aromatic carbocycles. The third kappa shape index (κ3) is 2.96. The summed E-state index contributed by atoms with van der Waals surface area (Å²) in [5.74, 6) is 0.665. The van der Waals surface area contributed by atoms with Gasteiger partial charge in [0.15, 0.2) is 0 Å². The normalized spacial score (nSPS) is 22.4. The summed E-state index contributed by atoms with van der Waals surface area (Å²) >= 11 is 0. The van der Waals surface area contributed by atoms with Crippen LogP contribution in [0.2, 0.25) is 0 Å². The molecule has 1 aromatic heterocycles. The molecule has 136 valence electrons. The van der Waals surface area contributed by atoms with Gasteiger partial charge in [-0.05, 0) is 56.7 Å². The summed E-state index contributed by atoms with van der Waals surface area (Å²) in [7, 11) is 0. The van der Waals surface area contributed by atoms with Crippen LogP contribution in [-0.4, -0.2) is 39.4 Å². The highest BCUT2D eigenvalue weighted by atomic mass is 16.2. The maximum absolute atomic E-state index is 13.1. The Morgan fingerprint density at radius 2 is 2.08 bits per heavy atom. The SMILES string of the molecule is CCC1CCCCN1C(=O)c1ccnc(N2c3ccccc3CC2C)n1. The van der Waals surface area contributed by atoms with Crippen LogP contribution in [0.3, 0.4) is 0 Å². The zero-order valence-corrected chi connectivity index (χ0v) is 15.6. The largest absolute Gasteiger partial charge is 0.334 e. The lowest BCUT2D eigenvalue weighted by Gasteiger charge is -2.35. The number of hydrogen-bond donors (Lipinski definition) is 0. The first kappa shape index (κ1) is 17.0. The first-order valence-electron chi connectivity index (χ1n) is 9.70. The van der Waals surface area contributed by atoms with Gasteiger partial charge in [0, 0.05) is 30.5 Å². The van der Waals surface area contributed by atoms with Gasteiger partial charge in [-0.2, -0.15) is 0 Å². The second-order valence-electron chi connectivity index (χ2n) is 7.35. The van der Waals surface area contributed by atoms with Gasteiger partial charge < -0.3 is 9.80 Å². The summed E-state index contributed by atoms with van der Waals surface area (Å²) in [6.45, 7) is 5.17. The van der Waals surface area contributed by atoms with E-state index in [2.05, 4.69) is 46.9 Å². The van der Waals surface area contributed by atoms with Gasteiger partial charge in [0.2, 0.25) is 5.95 Å². The molecular formula is C21H26N4O. The van der Waals surface area contributed by atoms with E-state index in [1.54, 1.807) is 12.3 Å². The fraction of sp³-hybridized carbons (Fsp3) is 0.476. The summed E-state index contributed by atoms with van der Waals surface area (Å²) in [5.41, 5.74) is 2.96. The van der Waals surface area contributed by atoms with Crippen LogP contribution in [0.1, 0.15) is 55.6 Å².